The van der Waals surface area contributed by atoms with Crippen LogP contribution in [0.3, 0.4) is 0 Å². The minimum atomic E-state index is -0.283. The van der Waals surface area contributed by atoms with Gasteiger partial charge in [0.1, 0.15) is 5.01 Å². The van der Waals surface area contributed by atoms with Crippen LogP contribution in [0.5, 0.6) is 0 Å². The Hall–Kier alpha value is -1.65. The summed E-state index contributed by atoms with van der Waals surface area (Å²) in [6.45, 7) is 0. The van der Waals surface area contributed by atoms with E-state index in [1.807, 2.05) is 48.5 Å². The van der Waals surface area contributed by atoms with E-state index in [0.717, 1.165) is 39.9 Å². The molecule has 0 unspecified atom stereocenters. The Kier molecular flexibility index (Phi) is 6.64. The van der Waals surface area contributed by atoms with Crippen molar-refractivity contribution < 1.29 is 4.79 Å². The maximum Gasteiger partial charge on any atom is 0.257 e. The molecule has 1 aromatic heterocycles. The smallest absolute Gasteiger partial charge is 0.257 e. The van der Waals surface area contributed by atoms with Crippen molar-refractivity contribution in [1.82, 2.24) is 10.3 Å². The Morgan fingerprint density at radius 3 is 2.43 bits per heavy atom. The molecule has 150 valence electrons. The number of aromatic nitrogens is 1. The standard InChI is InChI=1S/C21H12Br3N3OS2/c22-12-7-5-11(6-8-12)19(28)27-21(29)26-18-14(9-13(23)10-15(18)24)20-25-16-3-1-2-4-17(16)30-20/h1-10H,(H2,26,27,28,29). The second-order valence-electron chi connectivity index (χ2n) is 6.21. The summed E-state index contributed by atoms with van der Waals surface area (Å²) in [7, 11) is 0. The fourth-order valence-corrected chi connectivity index (χ4v) is 5.55. The van der Waals surface area contributed by atoms with Gasteiger partial charge in [0, 0.05) is 24.5 Å². The Balaban J connectivity index is 1.63. The number of anilines is 1. The maximum absolute atomic E-state index is 12.5. The van der Waals surface area contributed by atoms with Gasteiger partial charge >= 0.3 is 0 Å². The highest BCUT2D eigenvalue weighted by Gasteiger charge is 2.17. The predicted octanol–water partition coefficient (Wildman–Crippen LogP) is 7.38. The molecule has 0 aliphatic heterocycles. The topological polar surface area (TPSA) is 54.0 Å². The number of carbonyl (C=O) groups is 1. The minimum Gasteiger partial charge on any atom is -0.331 e. The summed E-state index contributed by atoms with van der Waals surface area (Å²) in [5.74, 6) is -0.283. The summed E-state index contributed by atoms with van der Waals surface area (Å²) in [4.78, 5) is 17.2. The van der Waals surface area contributed by atoms with E-state index in [4.69, 9.17) is 17.2 Å². The molecule has 0 spiro atoms. The highest BCUT2D eigenvalue weighted by atomic mass is 79.9. The number of fused-ring (bicyclic) bond motifs is 1. The Morgan fingerprint density at radius 1 is 0.967 bits per heavy atom. The van der Waals surface area contributed by atoms with Gasteiger partial charge in [0.25, 0.3) is 5.91 Å². The number of halogens is 3. The molecule has 0 saturated carbocycles. The number of rotatable bonds is 3. The van der Waals surface area contributed by atoms with Crippen molar-refractivity contribution in [2.75, 3.05) is 5.32 Å². The largest absolute Gasteiger partial charge is 0.331 e. The zero-order valence-corrected chi connectivity index (χ0v) is 21.5. The van der Waals surface area contributed by atoms with E-state index in [2.05, 4.69) is 58.4 Å². The molecule has 3 aromatic carbocycles. The molecule has 4 aromatic rings. The Labute approximate surface area is 207 Å². The molecule has 30 heavy (non-hydrogen) atoms. The molecule has 0 fully saturated rings. The average molecular weight is 626 g/mol. The molecule has 9 heteroatoms. The van der Waals surface area contributed by atoms with Gasteiger partial charge in [-0.25, -0.2) is 4.98 Å². The Bertz CT molecular complexity index is 1240. The summed E-state index contributed by atoms with van der Waals surface area (Å²) in [5, 5.41) is 6.93. The zero-order chi connectivity index (χ0) is 21.3. The molecule has 0 radical (unpaired) electrons. The van der Waals surface area contributed by atoms with E-state index in [-0.39, 0.29) is 11.0 Å². The summed E-state index contributed by atoms with van der Waals surface area (Å²) in [6, 6.07) is 18.9. The minimum absolute atomic E-state index is 0.202. The van der Waals surface area contributed by atoms with Crippen molar-refractivity contribution in [3.05, 3.63) is 79.6 Å². The monoisotopic (exact) mass is 623 g/mol. The molecule has 2 N–H and O–H groups in total. The van der Waals surface area contributed by atoms with E-state index in [1.54, 1.807) is 23.5 Å². The van der Waals surface area contributed by atoms with Crippen LogP contribution in [0, 0.1) is 0 Å². The van der Waals surface area contributed by atoms with Crippen LogP contribution in [-0.2, 0) is 0 Å². The fraction of sp³-hybridized carbons (Fsp3) is 0. The van der Waals surface area contributed by atoms with Crippen LogP contribution in [0.4, 0.5) is 5.69 Å². The number of nitrogens with zero attached hydrogens (tertiary/aromatic N) is 1. The van der Waals surface area contributed by atoms with Crippen molar-refractivity contribution in [3.63, 3.8) is 0 Å². The lowest BCUT2D eigenvalue weighted by molar-refractivity contribution is 0.0977. The van der Waals surface area contributed by atoms with Crippen molar-refractivity contribution in [2.45, 2.75) is 0 Å². The van der Waals surface area contributed by atoms with Crippen molar-refractivity contribution in [1.29, 1.82) is 0 Å². The van der Waals surface area contributed by atoms with Gasteiger partial charge in [-0.15, -0.1) is 11.3 Å². The number of carbonyl (C=O) groups excluding carboxylic acids is 1. The quantitative estimate of drug-likeness (QED) is 0.233. The van der Waals surface area contributed by atoms with Crippen molar-refractivity contribution in [2.24, 2.45) is 0 Å². The van der Waals surface area contributed by atoms with Gasteiger partial charge in [0.2, 0.25) is 0 Å². The Morgan fingerprint density at radius 2 is 1.70 bits per heavy atom. The number of thiazole rings is 1. The van der Waals surface area contributed by atoms with Crippen molar-refractivity contribution in [3.8, 4) is 10.6 Å². The number of benzene rings is 3. The molecule has 0 saturated heterocycles. The molecule has 0 aliphatic rings. The number of thiocarbonyl (C=S) groups is 1. The van der Waals surface area contributed by atoms with E-state index in [0.29, 0.717) is 5.56 Å². The summed E-state index contributed by atoms with van der Waals surface area (Å²) in [6.07, 6.45) is 0. The van der Waals surface area contributed by atoms with E-state index < -0.39 is 0 Å². The van der Waals surface area contributed by atoms with Gasteiger partial charge in [-0.1, -0.05) is 44.0 Å². The number of para-hydroxylation sites is 1. The lowest BCUT2D eigenvalue weighted by Crippen LogP contribution is -2.34. The van der Waals surface area contributed by atoms with Crippen LogP contribution in [0.2, 0.25) is 0 Å². The van der Waals surface area contributed by atoms with Crippen LogP contribution < -0.4 is 10.6 Å². The van der Waals surface area contributed by atoms with Crippen molar-refractivity contribution >= 4 is 98.3 Å². The molecule has 1 heterocycles. The molecule has 0 aliphatic carbocycles. The van der Waals surface area contributed by atoms with Gasteiger partial charge in [-0.2, -0.15) is 0 Å². The van der Waals surface area contributed by atoms with Crippen LogP contribution in [0.1, 0.15) is 10.4 Å². The SMILES string of the molecule is O=C(NC(=S)Nc1c(Br)cc(Br)cc1-c1nc2ccccc2s1)c1ccc(Br)cc1. The highest BCUT2D eigenvalue weighted by molar-refractivity contribution is 9.11. The molecule has 0 atom stereocenters. The fourth-order valence-electron chi connectivity index (χ4n) is 2.78. The molecule has 4 rings (SSSR count). The first-order valence-corrected chi connectivity index (χ1v) is 12.2. The third-order valence-electron chi connectivity index (χ3n) is 4.15. The highest BCUT2D eigenvalue weighted by Crippen LogP contribution is 2.40. The van der Waals surface area contributed by atoms with Crippen LogP contribution in [0.15, 0.2) is 74.1 Å². The number of amides is 1. The van der Waals surface area contributed by atoms with E-state index in [1.165, 1.54) is 0 Å². The first kappa shape index (κ1) is 21.6. The van der Waals surface area contributed by atoms with Crippen LogP contribution in [-0.4, -0.2) is 16.0 Å². The summed E-state index contributed by atoms with van der Waals surface area (Å²) < 4.78 is 3.70. The summed E-state index contributed by atoms with van der Waals surface area (Å²) >= 11 is 17.5. The van der Waals surface area contributed by atoms with Gasteiger partial charge in [-0.05, 0) is 76.7 Å². The maximum atomic E-state index is 12.5. The number of hydrogen-bond donors (Lipinski definition) is 2. The number of nitrogens with one attached hydrogen (secondary N) is 2. The average Bonchev–Trinajstić information content (AvgIpc) is 3.14. The molecule has 1 amide bonds. The molecule has 4 nitrogen and oxygen atoms in total. The predicted molar refractivity (Wildman–Crippen MR) is 138 cm³/mol. The van der Waals surface area contributed by atoms with Gasteiger partial charge < -0.3 is 5.32 Å². The first-order chi connectivity index (χ1) is 14.4. The van der Waals surface area contributed by atoms with Crippen LogP contribution >= 0.6 is 71.3 Å². The van der Waals surface area contributed by atoms with E-state index in [9.17, 15) is 4.79 Å². The molecular formula is C21H12Br3N3OS2. The van der Waals surface area contributed by atoms with Gasteiger partial charge in [0.15, 0.2) is 5.11 Å². The second kappa shape index (κ2) is 9.23. The normalized spacial score (nSPS) is 10.8. The lowest BCUT2D eigenvalue weighted by Gasteiger charge is -2.15. The molecule has 0 bridgehead atoms. The first-order valence-electron chi connectivity index (χ1n) is 8.63. The summed E-state index contributed by atoms with van der Waals surface area (Å²) in [5.41, 5.74) is 3.06. The van der Waals surface area contributed by atoms with Crippen LogP contribution in [0.25, 0.3) is 20.8 Å². The number of hydrogen-bond acceptors (Lipinski definition) is 4. The van der Waals surface area contributed by atoms with E-state index >= 15 is 0 Å². The van der Waals surface area contributed by atoms with Gasteiger partial charge in [-0.3, -0.25) is 10.1 Å². The lowest BCUT2D eigenvalue weighted by atomic mass is 10.2. The molecular weight excluding hydrogens is 614 g/mol. The van der Waals surface area contributed by atoms with Gasteiger partial charge in [0.05, 0.1) is 15.9 Å². The second-order valence-corrected chi connectivity index (χ2v) is 10.3. The third kappa shape index (κ3) is 4.81. The zero-order valence-electron chi connectivity index (χ0n) is 15.1. The third-order valence-corrected chi connectivity index (χ3v) is 7.04.